The molecule has 0 saturated heterocycles. The molecule has 0 atom stereocenters. The number of alkyl halides is 3. The van der Waals surface area contributed by atoms with Crippen molar-refractivity contribution in [3.05, 3.63) is 35.4 Å². The van der Waals surface area contributed by atoms with E-state index in [1.165, 1.54) is 13.1 Å². The topological polar surface area (TPSA) is 70.6 Å². The molecule has 5 nitrogen and oxygen atoms in total. The lowest BCUT2D eigenvalue weighted by Gasteiger charge is -2.20. The highest BCUT2D eigenvalue weighted by Crippen LogP contribution is 2.29. The van der Waals surface area contributed by atoms with E-state index in [4.69, 9.17) is 0 Å². The maximum atomic E-state index is 12.7. The van der Waals surface area contributed by atoms with E-state index in [-0.39, 0.29) is 18.8 Å². The third kappa shape index (κ3) is 6.56. The smallest absolute Gasteiger partial charge is 0.355 e. The monoisotopic (exact) mass is 379 g/mol. The van der Waals surface area contributed by atoms with Gasteiger partial charge in [0.25, 0.3) is 0 Å². The highest BCUT2D eigenvalue weighted by molar-refractivity contribution is 7.92. The molecule has 0 aliphatic carbocycles. The number of benzene rings is 1. The maximum Gasteiger partial charge on any atom is 0.416 e. The first-order chi connectivity index (χ1) is 11.4. The summed E-state index contributed by atoms with van der Waals surface area (Å²) in [7, 11) is -1.76. The van der Waals surface area contributed by atoms with Crippen LogP contribution in [-0.4, -0.2) is 38.5 Å². The minimum atomic E-state index is -4.39. The fourth-order valence-corrected chi connectivity index (χ4v) is 2.86. The van der Waals surface area contributed by atoms with E-state index in [1.807, 2.05) is 0 Å². The summed E-state index contributed by atoms with van der Waals surface area (Å²) in [5.74, 6) is 0.252. The second-order valence-electron chi connectivity index (χ2n) is 6.48. The Morgan fingerprint density at radius 3 is 2.32 bits per heavy atom. The fraction of sp³-hybridized carbons (Fsp3) is 0.562. The molecule has 142 valence electrons. The van der Waals surface area contributed by atoms with Crippen molar-refractivity contribution >= 4 is 15.8 Å². The van der Waals surface area contributed by atoms with Gasteiger partial charge in [-0.1, -0.05) is 12.1 Å². The van der Waals surface area contributed by atoms with Crippen LogP contribution >= 0.6 is 0 Å². The molecule has 0 amide bonds. The van der Waals surface area contributed by atoms with Gasteiger partial charge < -0.3 is 10.6 Å². The van der Waals surface area contributed by atoms with Crippen LogP contribution in [0, 0.1) is 0 Å². The number of halogens is 3. The van der Waals surface area contributed by atoms with E-state index >= 15 is 0 Å². The number of nitrogens with zero attached hydrogens (tertiary/aromatic N) is 1. The van der Waals surface area contributed by atoms with E-state index in [2.05, 4.69) is 15.6 Å². The van der Waals surface area contributed by atoms with Crippen molar-refractivity contribution in [3.63, 3.8) is 0 Å². The largest absolute Gasteiger partial charge is 0.416 e. The zero-order valence-corrected chi connectivity index (χ0v) is 15.6. The van der Waals surface area contributed by atoms with Gasteiger partial charge in [0.15, 0.2) is 15.8 Å². The van der Waals surface area contributed by atoms with Crippen LogP contribution in [0.5, 0.6) is 0 Å². The Morgan fingerprint density at radius 2 is 1.80 bits per heavy atom. The molecule has 1 rings (SSSR count). The van der Waals surface area contributed by atoms with E-state index in [1.54, 1.807) is 26.8 Å². The Hall–Kier alpha value is -1.77. The Bertz CT molecular complexity index is 708. The molecule has 2 N–H and O–H groups in total. The number of sulfone groups is 1. The van der Waals surface area contributed by atoms with Crippen LogP contribution in [0.25, 0.3) is 0 Å². The molecule has 1 aromatic carbocycles. The van der Waals surface area contributed by atoms with Gasteiger partial charge in [-0.15, -0.1) is 0 Å². The van der Waals surface area contributed by atoms with Gasteiger partial charge in [-0.2, -0.15) is 13.2 Å². The normalized spacial score (nSPS) is 13.6. The molecule has 0 spiro atoms. The van der Waals surface area contributed by atoms with E-state index in [9.17, 15) is 21.6 Å². The Labute approximate surface area is 146 Å². The minimum Gasteiger partial charge on any atom is -0.355 e. The van der Waals surface area contributed by atoms with E-state index in [0.717, 1.165) is 12.1 Å². The van der Waals surface area contributed by atoms with Gasteiger partial charge in [-0.05, 0) is 38.5 Å². The Morgan fingerprint density at radius 1 is 1.16 bits per heavy atom. The lowest BCUT2D eigenvalue weighted by atomic mass is 10.1. The number of nitrogens with one attached hydrogen (secondary N) is 2. The molecule has 0 aromatic heterocycles. The quantitative estimate of drug-likeness (QED) is 0.609. The molecular formula is C16H24F3N3O2S. The zero-order chi connectivity index (χ0) is 19.3. The first-order valence-electron chi connectivity index (χ1n) is 7.70. The number of guanidine groups is 1. The minimum absolute atomic E-state index is 0.0687. The van der Waals surface area contributed by atoms with Gasteiger partial charge in [0.05, 0.1) is 16.1 Å². The van der Waals surface area contributed by atoms with Crippen LogP contribution in [0.3, 0.4) is 0 Å². The third-order valence-electron chi connectivity index (χ3n) is 3.53. The zero-order valence-electron chi connectivity index (χ0n) is 14.7. The molecule has 0 unspecified atom stereocenters. The summed E-state index contributed by atoms with van der Waals surface area (Å²) in [4.78, 5) is 3.93. The lowest BCUT2D eigenvalue weighted by molar-refractivity contribution is -0.137. The summed E-state index contributed by atoms with van der Waals surface area (Å²) in [6, 6.07) is 4.98. The number of aliphatic imine (C=N–C) groups is 1. The molecule has 0 heterocycles. The van der Waals surface area contributed by atoms with Crippen LogP contribution in [0.4, 0.5) is 13.2 Å². The summed E-state index contributed by atoms with van der Waals surface area (Å²) in [6.45, 7) is 5.17. The van der Waals surface area contributed by atoms with Crippen LogP contribution < -0.4 is 10.6 Å². The summed E-state index contributed by atoms with van der Waals surface area (Å²) in [5, 5.41) is 5.72. The van der Waals surface area contributed by atoms with E-state index in [0.29, 0.717) is 11.5 Å². The Kier molecular flexibility index (Phi) is 6.87. The fourth-order valence-electron chi connectivity index (χ4n) is 1.87. The predicted octanol–water partition coefficient (Wildman–Crippen LogP) is 2.58. The number of hydrogen-bond donors (Lipinski definition) is 2. The van der Waals surface area contributed by atoms with Gasteiger partial charge in [-0.3, -0.25) is 4.99 Å². The second-order valence-corrected chi connectivity index (χ2v) is 9.34. The van der Waals surface area contributed by atoms with Crippen molar-refractivity contribution in [2.45, 2.75) is 38.2 Å². The molecule has 1 aromatic rings. The van der Waals surface area contributed by atoms with Crippen LogP contribution in [0.1, 0.15) is 31.9 Å². The first-order valence-corrected chi connectivity index (χ1v) is 9.35. The summed E-state index contributed by atoms with van der Waals surface area (Å²) in [6.07, 6.45) is -4.39. The van der Waals surface area contributed by atoms with Crippen molar-refractivity contribution < 1.29 is 21.6 Å². The average Bonchev–Trinajstić information content (AvgIpc) is 2.49. The maximum absolute atomic E-state index is 12.7. The van der Waals surface area contributed by atoms with Crippen LogP contribution in [0.2, 0.25) is 0 Å². The van der Waals surface area contributed by atoms with Crippen molar-refractivity contribution in [1.29, 1.82) is 0 Å². The van der Waals surface area contributed by atoms with E-state index < -0.39 is 26.3 Å². The highest BCUT2D eigenvalue weighted by Gasteiger charge is 2.30. The standard InChI is InChI=1S/C16H24F3N3O2S/c1-15(2,3)25(23,24)9-8-21-14(20-4)22-11-12-6-5-7-13(10-12)16(17,18)19/h5-7,10H,8-9,11H2,1-4H3,(H2,20,21,22). The number of hydrogen-bond acceptors (Lipinski definition) is 3. The van der Waals surface area contributed by atoms with Crippen molar-refractivity contribution in [2.75, 3.05) is 19.3 Å². The van der Waals surface area contributed by atoms with Crippen molar-refractivity contribution in [2.24, 2.45) is 4.99 Å². The summed E-state index contributed by atoms with van der Waals surface area (Å²) >= 11 is 0. The molecule has 25 heavy (non-hydrogen) atoms. The molecule has 0 bridgehead atoms. The van der Waals surface area contributed by atoms with Gasteiger partial charge in [0.2, 0.25) is 0 Å². The molecule has 9 heteroatoms. The van der Waals surface area contributed by atoms with Gasteiger partial charge in [0, 0.05) is 20.1 Å². The summed E-state index contributed by atoms with van der Waals surface area (Å²) in [5.41, 5.74) is -0.272. The van der Waals surface area contributed by atoms with Crippen LogP contribution in [-0.2, 0) is 22.6 Å². The SMILES string of the molecule is CN=C(NCCS(=O)(=O)C(C)(C)C)NCc1cccc(C(F)(F)F)c1. The molecule has 0 aliphatic rings. The molecule has 0 fully saturated rings. The first kappa shape index (κ1) is 21.3. The highest BCUT2D eigenvalue weighted by atomic mass is 32.2. The molecule has 0 saturated carbocycles. The van der Waals surface area contributed by atoms with Crippen molar-refractivity contribution in [3.8, 4) is 0 Å². The second kappa shape index (κ2) is 8.07. The predicted molar refractivity (Wildman–Crippen MR) is 93.2 cm³/mol. The van der Waals surface area contributed by atoms with Gasteiger partial charge in [0.1, 0.15) is 0 Å². The average molecular weight is 379 g/mol. The molecular weight excluding hydrogens is 355 g/mol. The van der Waals surface area contributed by atoms with Gasteiger partial charge in [-0.25, -0.2) is 8.42 Å². The third-order valence-corrected chi connectivity index (χ3v) is 6.14. The summed E-state index contributed by atoms with van der Waals surface area (Å²) < 4.78 is 61.3. The van der Waals surface area contributed by atoms with Gasteiger partial charge >= 0.3 is 6.18 Å². The van der Waals surface area contributed by atoms with Crippen molar-refractivity contribution in [1.82, 2.24) is 10.6 Å². The van der Waals surface area contributed by atoms with Crippen LogP contribution in [0.15, 0.2) is 29.3 Å². The molecule has 0 radical (unpaired) electrons. The number of rotatable bonds is 5. The lowest BCUT2D eigenvalue weighted by Crippen LogP contribution is -2.41. The Balaban J connectivity index is 2.59. The molecule has 0 aliphatic heterocycles.